The Morgan fingerprint density at radius 1 is 0.609 bits per heavy atom. The van der Waals surface area contributed by atoms with Gasteiger partial charge in [0.1, 0.15) is 23.9 Å². The molecule has 336 valence electrons. The molecule has 1 N–H and O–H groups in total. The molecular formula is C60H72O4. The van der Waals surface area contributed by atoms with Crippen LogP contribution in [0.2, 0.25) is 0 Å². The van der Waals surface area contributed by atoms with Crippen molar-refractivity contribution in [2.45, 2.75) is 99.7 Å². The Labute approximate surface area is 385 Å². The first-order chi connectivity index (χ1) is 30.9. The van der Waals surface area contributed by atoms with Crippen molar-refractivity contribution >= 4 is 0 Å². The molecule has 4 heteroatoms. The molecule has 0 aromatic heterocycles. The van der Waals surface area contributed by atoms with E-state index in [1.165, 1.54) is 16.7 Å². The highest BCUT2D eigenvalue weighted by molar-refractivity contribution is 5.89. The Bertz CT molecular complexity index is 2270. The first-order valence-electron chi connectivity index (χ1n) is 23.7. The summed E-state index contributed by atoms with van der Waals surface area (Å²) in [6.07, 6.45) is 17.3. The van der Waals surface area contributed by atoms with Gasteiger partial charge in [-0.05, 0) is 125 Å². The van der Waals surface area contributed by atoms with E-state index in [1.54, 1.807) is 0 Å². The van der Waals surface area contributed by atoms with Gasteiger partial charge in [0.15, 0.2) is 0 Å². The minimum absolute atomic E-state index is 0.126. The summed E-state index contributed by atoms with van der Waals surface area (Å²) in [7, 11) is 0. The maximum Gasteiger partial charge on any atom is 0.200 e. The van der Waals surface area contributed by atoms with E-state index in [1.807, 2.05) is 25.1 Å². The second-order valence-electron chi connectivity index (χ2n) is 19.0. The third-order valence-corrected chi connectivity index (χ3v) is 12.4. The zero-order chi connectivity index (χ0) is 45.6. The molecule has 1 aliphatic rings. The number of phenols is 1. The van der Waals surface area contributed by atoms with Gasteiger partial charge in [0, 0.05) is 29.0 Å². The van der Waals surface area contributed by atoms with E-state index in [2.05, 4.69) is 195 Å². The fourth-order valence-corrected chi connectivity index (χ4v) is 9.05. The summed E-state index contributed by atoms with van der Waals surface area (Å²) in [5.41, 5.74) is 9.53. The van der Waals surface area contributed by atoms with Crippen LogP contribution >= 0.6 is 0 Å². The lowest BCUT2D eigenvalue weighted by molar-refractivity contribution is -0.0942. The van der Waals surface area contributed by atoms with Crippen molar-refractivity contribution in [3.05, 3.63) is 174 Å². The summed E-state index contributed by atoms with van der Waals surface area (Å²) < 4.78 is 20.3. The molecule has 0 saturated carbocycles. The summed E-state index contributed by atoms with van der Waals surface area (Å²) in [5, 5.41) is 11.5. The number of phenolic OH excluding ortho intramolecular Hbond substituents is 1. The molecule has 0 bridgehead atoms. The van der Waals surface area contributed by atoms with Gasteiger partial charge in [-0.3, -0.25) is 0 Å². The Morgan fingerprint density at radius 3 is 1.75 bits per heavy atom. The number of rotatable bonds is 21. The topological polar surface area (TPSA) is 47.9 Å². The normalized spacial score (nSPS) is 16.1. The highest BCUT2D eigenvalue weighted by Gasteiger charge is 2.24. The fourth-order valence-electron chi connectivity index (χ4n) is 9.05. The first-order valence-corrected chi connectivity index (χ1v) is 23.7. The van der Waals surface area contributed by atoms with E-state index in [0.717, 1.165) is 57.7 Å². The quantitative estimate of drug-likeness (QED) is 0.0590. The van der Waals surface area contributed by atoms with Crippen molar-refractivity contribution < 1.29 is 19.3 Å². The molecule has 64 heavy (non-hydrogen) atoms. The molecule has 1 aliphatic carbocycles. The predicted molar refractivity (Wildman–Crippen MR) is 270 cm³/mol. The SMILES string of the molecule is CC=CC=C1C=CC=CC1CC(OCCOc1c(-c2ccccc2)cc(-c2cc(C(CC(C)C)C(C)C)ccc2O)cc1-c1ccccc1)Oc1ccc(C(CC(C)C)C(C)C)cc1. The van der Waals surface area contributed by atoms with Gasteiger partial charge in [0.25, 0.3) is 0 Å². The van der Waals surface area contributed by atoms with Crippen LogP contribution in [0.5, 0.6) is 17.2 Å². The Hall–Kier alpha value is -5.58. The second-order valence-corrected chi connectivity index (χ2v) is 19.0. The van der Waals surface area contributed by atoms with E-state index < -0.39 is 6.29 Å². The third-order valence-electron chi connectivity index (χ3n) is 12.4. The van der Waals surface area contributed by atoms with Crippen LogP contribution in [-0.2, 0) is 4.74 Å². The average Bonchev–Trinajstić information content (AvgIpc) is 3.29. The molecule has 0 spiro atoms. The van der Waals surface area contributed by atoms with Crippen LogP contribution in [-0.4, -0.2) is 24.6 Å². The molecule has 0 fully saturated rings. The molecule has 5 aromatic rings. The number of benzene rings is 5. The van der Waals surface area contributed by atoms with E-state index >= 15 is 0 Å². The van der Waals surface area contributed by atoms with Crippen molar-refractivity contribution in [1.82, 2.24) is 0 Å². The van der Waals surface area contributed by atoms with Gasteiger partial charge in [-0.25, -0.2) is 0 Å². The van der Waals surface area contributed by atoms with Gasteiger partial charge in [-0.1, -0.05) is 177 Å². The van der Waals surface area contributed by atoms with Crippen LogP contribution in [0, 0.1) is 29.6 Å². The minimum atomic E-state index is -0.522. The Morgan fingerprint density at radius 2 is 1.19 bits per heavy atom. The lowest BCUT2D eigenvalue weighted by Gasteiger charge is -2.26. The lowest BCUT2D eigenvalue weighted by Crippen LogP contribution is -2.26. The molecule has 0 aliphatic heterocycles. The zero-order valence-electron chi connectivity index (χ0n) is 39.8. The average molecular weight is 857 g/mol. The summed E-state index contributed by atoms with van der Waals surface area (Å²) >= 11 is 0. The molecule has 5 aromatic carbocycles. The van der Waals surface area contributed by atoms with Gasteiger partial charge in [0.05, 0.1) is 6.61 Å². The van der Waals surface area contributed by atoms with Gasteiger partial charge < -0.3 is 19.3 Å². The number of hydrogen-bond donors (Lipinski definition) is 1. The highest BCUT2D eigenvalue weighted by atomic mass is 16.7. The van der Waals surface area contributed by atoms with Crippen molar-refractivity contribution in [2.75, 3.05) is 13.2 Å². The molecule has 6 rings (SSSR count). The Kier molecular flexibility index (Phi) is 17.5. The van der Waals surface area contributed by atoms with Crippen molar-refractivity contribution in [2.24, 2.45) is 29.6 Å². The number of ether oxygens (including phenoxy) is 3. The van der Waals surface area contributed by atoms with Crippen molar-refractivity contribution in [3.63, 3.8) is 0 Å². The van der Waals surface area contributed by atoms with Crippen LogP contribution in [0.3, 0.4) is 0 Å². The van der Waals surface area contributed by atoms with E-state index in [-0.39, 0.29) is 11.7 Å². The monoisotopic (exact) mass is 857 g/mol. The van der Waals surface area contributed by atoms with E-state index in [0.29, 0.717) is 55.1 Å². The van der Waals surface area contributed by atoms with Gasteiger partial charge in [0.2, 0.25) is 6.29 Å². The minimum Gasteiger partial charge on any atom is -0.507 e. The largest absolute Gasteiger partial charge is 0.507 e. The lowest BCUT2D eigenvalue weighted by atomic mass is 9.81. The molecule has 4 nitrogen and oxygen atoms in total. The highest BCUT2D eigenvalue weighted by Crippen LogP contribution is 2.45. The fraction of sp³-hybridized carbons (Fsp3) is 0.367. The van der Waals surface area contributed by atoms with Crippen LogP contribution in [0.15, 0.2) is 163 Å². The summed E-state index contributed by atoms with van der Waals surface area (Å²) in [4.78, 5) is 0. The first kappa shape index (κ1) is 47.9. The number of allylic oxidation sites excluding steroid dienone is 8. The molecule has 4 unspecified atom stereocenters. The van der Waals surface area contributed by atoms with Crippen molar-refractivity contribution in [3.8, 4) is 50.6 Å². The zero-order valence-corrected chi connectivity index (χ0v) is 39.8. The van der Waals surface area contributed by atoms with E-state index in [4.69, 9.17) is 14.2 Å². The molecule has 4 atom stereocenters. The second kappa shape index (κ2) is 23.4. The van der Waals surface area contributed by atoms with Crippen molar-refractivity contribution in [1.29, 1.82) is 0 Å². The predicted octanol–water partition coefficient (Wildman–Crippen LogP) is 16.4. The van der Waals surface area contributed by atoms with Gasteiger partial charge in [-0.2, -0.15) is 0 Å². The maximum atomic E-state index is 11.5. The van der Waals surface area contributed by atoms with Crippen LogP contribution in [0.25, 0.3) is 33.4 Å². The summed E-state index contributed by atoms with van der Waals surface area (Å²) in [6.45, 7) is 21.0. The third kappa shape index (κ3) is 13.0. The molecule has 0 amide bonds. The maximum absolute atomic E-state index is 11.5. The summed E-state index contributed by atoms with van der Waals surface area (Å²) in [5.74, 6) is 5.02. The standard InChI is InChI=1S/C60H72O4/c1-10-11-20-45-21-18-19-26-49(45)40-59(64-52-30-27-48(28-31-52)53(43(6)7)35-41(2)3)62-33-34-63-60-56(46-22-14-12-15-23-46)38-51(39-57(60)47-24-16-13-17-25-47)55-37-50(29-32-58(55)61)54(44(8)9)36-42(4)5/h10-32,37-39,41-44,49,53-54,59,61H,33-36,40H2,1-9H3. The molecular weight excluding hydrogens is 785 g/mol. The molecule has 0 radical (unpaired) electrons. The van der Waals surface area contributed by atoms with Gasteiger partial charge >= 0.3 is 0 Å². The Balaban J connectivity index is 1.33. The number of aromatic hydroxyl groups is 1. The van der Waals surface area contributed by atoms with Crippen LogP contribution in [0.1, 0.15) is 105 Å². The van der Waals surface area contributed by atoms with E-state index in [9.17, 15) is 5.11 Å². The summed E-state index contributed by atoms with van der Waals surface area (Å²) in [6, 6.07) is 40.0. The van der Waals surface area contributed by atoms with Gasteiger partial charge in [-0.15, -0.1) is 0 Å². The smallest absolute Gasteiger partial charge is 0.200 e. The molecule has 0 heterocycles. The van der Waals surface area contributed by atoms with Crippen LogP contribution in [0.4, 0.5) is 0 Å². The van der Waals surface area contributed by atoms with Crippen LogP contribution < -0.4 is 9.47 Å². The molecule has 0 saturated heterocycles. The number of hydrogen-bond acceptors (Lipinski definition) is 4.